The van der Waals surface area contributed by atoms with Crippen LogP contribution in [0.1, 0.15) is 29.5 Å². The van der Waals surface area contributed by atoms with Crippen molar-refractivity contribution in [3.05, 3.63) is 71.3 Å². The second-order valence-corrected chi connectivity index (χ2v) is 7.96. The van der Waals surface area contributed by atoms with Gasteiger partial charge < -0.3 is 10.4 Å². The second kappa shape index (κ2) is 7.22. The van der Waals surface area contributed by atoms with Crippen molar-refractivity contribution in [2.75, 3.05) is 13.1 Å². The van der Waals surface area contributed by atoms with E-state index in [9.17, 15) is 4.79 Å². The van der Waals surface area contributed by atoms with E-state index in [4.69, 9.17) is 5.11 Å². The van der Waals surface area contributed by atoms with Crippen molar-refractivity contribution in [3.8, 4) is 0 Å². The lowest BCUT2D eigenvalue weighted by atomic mass is 9.62. The van der Waals surface area contributed by atoms with E-state index in [1.807, 2.05) is 0 Å². The van der Waals surface area contributed by atoms with Crippen LogP contribution in [0.4, 0.5) is 0 Å². The summed E-state index contributed by atoms with van der Waals surface area (Å²) in [5.74, 6) is -0.775. The Hall–Kier alpha value is -2.17. The number of rotatable bonds is 5. The van der Waals surface area contributed by atoms with Crippen LogP contribution in [0.2, 0.25) is 0 Å². The third-order valence-electron chi connectivity index (χ3n) is 5.79. The van der Waals surface area contributed by atoms with Crippen molar-refractivity contribution in [2.24, 2.45) is 5.41 Å². The summed E-state index contributed by atoms with van der Waals surface area (Å²) in [4.78, 5) is 13.4. The van der Waals surface area contributed by atoms with Crippen molar-refractivity contribution in [3.63, 3.8) is 0 Å². The predicted octanol–water partition coefficient (Wildman–Crippen LogP) is 3.07. The van der Waals surface area contributed by atoms with Gasteiger partial charge in [-0.05, 0) is 41.4 Å². The molecule has 4 rings (SSSR count). The van der Waals surface area contributed by atoms with E-state index in [1.165, 1.54) is 16.7 Å². The fraction of sp³-hybridized carbons (Fsp3) is 0.409. The van der Waals surface area contributed by atoms with Crippen LogP contribution in [0.3, 0.4) is 0 Å². The maximum Gasteiger partial charge on any atom is 0.317 e. The molecular formula is C22H26N2O2. The summed E-state index contributed by atoms with van der Waals surface area (Å²) in [7, 11) is 0. The highest BCUT2D eigenvalue weighted by Gasteiger charge is 2.46. The first-order valence-electron chi connectivity index (χ1n) is 9.40. The van der Waals surface area contributed by atoms with E-state index in [-0.39, 0.29) is 12.0 Å². The molecular weight excluding hydrogens is 324 g/mol. The molecule has 4 nitrogen and oxygen atoms in total. The molecule has 2 N–H and O–H groups in total. The summed E-state index contributed by atoms with van der Waals surface area (Å²) >= 11 is 0. The van der Waals surface area contributed by atoms with Gasteiger partial charge in [0.25, 0.3) is 0 Å². The minimum atomic E-state index is -0.775. The number of carbonyl (C=O) groups is 1. The summed E-state index contributed by atoms with van der Waals surface area (Å²) in [5, 5.41) is 12.1. The van der Waals surface area contributed by atoms with Gasteiger partial charge in [-0.25, -0.2) is 0 Å². The van der Waals surface area contributed by atoms with Crippen LogP contribution in [-0.2, 0) is 24.3 Å². The lowest BCUT2D eigenvalue weighted by Gasteiger charge is -2.49. The van der Waals surface area contributed by atoms with E-state index >= 15 is 0 Å². The maximum atomic E-state index is 10.8. The number of aliphatic carboxylic acids is 1. The molecule has 1 fully saturated rings. The molecule has 0 aromatic heterocycles. The first-order chi connectivity index (χ1) is 12.6. The number of nitrogens with one attached hydrogen (secondary N) is 1. The topological polar surface area (TPSA) is 52.6 Å². The van der Waals surface area contributed by atoms with Crippen molar-refractivity contribution >= 4 is 5.97 Å². The van der Waals surface area contributed by atoms with Crippen LogP contribution in [0, 0.1) is 5.41 Å². The first kappa shape index (κ1) is 17.3. The fourth-order valence-corrected chi connectivity index (χ4v) is 4.70. The van der Waals surface area contributed by atoms with Gasteiger partial charge in [-0.1, -0.05) is 54.6 Å². The molecule has 1 spiro atoms. The third kappa shape index (κ3) is 3.81. The molecule has 1 saturated carbocycles. The van der Waals surface area contributed by atoms with Gasteiger partial charge in [0.1, 0.15) is 0 Å². The van der Waals surface area contributed by atoms with E-state index in [0.29, 0.717) is 6.04 Å². The standard InChI is InChI=1S/C22H26N2O2/c25-21(26)13-23-20-11-22(12-20)10-18-8-4-5-9-19(18)15-24(16-22)14-17-6-2-1-3-7-17/h1-9,20,23H,10-16H2,(H,25,26). The molecule has 4 heteroatoms. The highest BCUT2D eigenvalue weighted by atomic mass is 16.4. The average Bonchev–Trinajstić information content (AvgIpc) is 2.76. The molecule has 2 aromatic carbocycles. The zero-order valence-electron chi connectivity index (χ0n) is 15.0. The number of hydrogen-bond donors (Lipinski definition) is 2. The Morgan fingerprint density at radius 1 is 1.08 bits per heavy atom. The lowest BCUT2D eigenvalue weighted by molar-refractivity contribution is -0.136. The smallest absolute Gasteiger partial charge is 0.317 e. The normalized spacial score (nSPS) is 25.3. The average molecular weight is 350 g/mol. The first-order valence-corrected chi connectivity index (χ1v) is 9.40. The van der Waals surface area contributed by atoms with Gasteiger partial charge in [0.15, 0.2) is 0 Å². The minimum absolute atomic E-state index is 0.0606. The van der Waals surface area contributed by atoms with Crippen molar-refractivity contribution in [1.82, 2.24) is 10.2 Å². The third-order valence-corrected chi connectivity index (χ3v) is 5.79. The Morgan fingerprint density at radius 3 is 2.50 bits per heavy atom. The number of fused-ring (bicyclic) bond motifs is 1. The second-order valence-electron chi connectivity index (χ2n) is 7.96. The van der Waals surface area contributed by atoms with Crippen LogP contribution >= 0.6 is 0 Å². The maximum absolute atomic E-state index is 10.8. The number of carboxylic acids is 1. The van der Waals surface area contributed by atoms with Gasteiger partial charge >= 0.3 is 5.97 Å². The summed E-state index contributed by atoms with van der Waals surface area (Å²) in [6.07, 6.45) is 3.21. The van der Waals surface area contributed by atoms with Crippen LogP contribution < -0.4 is 5.32 Å². The highest BCUT2D eigenvalue weighted by molar-refractivity contribution is 5.69. The molecule has 0 bridgehead atoms. The summed E-state index contributed by atoms with van der Waals surface area (Å²) < 4.78 is 0. The minimum Gasteiger partial charge on any atom is -0.480 e. The Bertz CT molecular complexity index is 769. The van der Waals surface area contributed by atoms with Crippen LogP contribution in [-0.4, -0.2) is 35.1 Å². The number of hydrogen-bond acceptors (Lipinski definition) is 3. The van der Waals surface area contributed by atoms with Gasteiger partial charge in [0.2, 0.25) is 0 Å². The molecule has 0 atom stereocenters. The summed E-state index contributed by atoms with van der Waals surface area (Å²) in [6.45, 7) is 3.08. The molecule has 2 aromatic rings. The largest absolute Gasteiger partial charge is 0.480 e. The number of carboxylic acid groups (broad SMARTS) is 1. The van der Waals surface area contributed by atoms with Gasteiger partial charge in [-0.2, -0.15) is 0 Å². The zero-order valence-corrected chi connectivity index (χ0v) is 15.0. The quantitative estimate of drug-likeness (QED) is 0.870. The molecule has 2 aliphatic rings. The molecule has 26 heavy (non-hydrogen) atoms. The molecule has 0 radical (unpaired) electrons. The van der Waals surface area contributed by atoms with E-state index in [2.05, 4.69) is 64.8 Å². The Labute approximate surface area is 154 Å². The van der Waals surface area contributed by atoms with Gasteiger partial charge in [-0.15, -0.1) is 0 Å². The molecule has 136 valence electrons. The van der Waals surface area contributed by atoms with Gasteiger partial charge in [0.05, 0.1) is 6.54 Å². The molecule has 1 heterocycles. The summed E-state index contributed by atoms with van der Waals surface area (Å²) in [6, 6.07) is 19.8. The lowest BCUT2D eigenvalue weighted by Crippen LogP contribution is -2.54. The van der Waals surface area contributed by atoms with Crippen LogP contribution in [0.15, 0.2) is 54.6 Å². The predicted molar refractivity (Wildman–Crippen MR) is 102 cm³/mol. The van der Waals surface area contributed by atoms with Gasteiger partial charge in [0, 0.05) is 25.7 Å². The molecule has 0 unspecified atom stereocenters. The van der Waals surface area contributed by atoms with Crippen molar-refractivity contribution < 1.29 is 9.90 Å². The van der Waals surface area contributed by atoms with Crippen LogP contribution in [0.5, 0.6) is 0 Å². The van der Waals surface area contributed by atoms with E-state index in [1.54, 1.807) is 0 Å². The highest BCUT2D eigenvalue weighted by Crippen LogP contribution is 2.47. The van der Waals surface area contributed by atoms with E-state index in [0.717, 1.165) is 38.9 Å². The number of benzene rings is 2. The van der Waals surface area contributed by atoms with E-state index < -0.39 is 5.97 Å². The molecule has 0 saturated heterocycles. The number of nitrogens with zero attached hydrogens (tertiary/aromatic N) is 1. The molecule has 0 amide bonds. The van der Waals surface area contributed by atoms with Gasteiger partial charge in [-0.3, -0.25) is 9.69 Å². The monoisotopic (exact) mass is 350 g/mol. The fourth-order valence-electron chi connectivity index (χ4n) is 4.70. The molecule has 1 aliphatic carbocycles. The Morgan fingerprint density at radius 2 is 1.77 bits per heavy atom. The van der Waals surface area contributed by atoms with Crippen molar-refractivity contribution in [1.29, 1.82) is 0 Å². The summed E-state index contributed by atoms with van der Waals surface area (Å²) in [5.41, 5.74) is 4.50. The zero-order chi connectivity index (χ0) is 18.0. The Kier molecular flexibility index (Phi) is 4.79. The van der Waals surface area contributed by atoms with Crippen LogP contribution in [0.25, 0.3) is 0 Å². The SMILES string of the molecule is O=C(O)CNC1CC2(Cc3ccccc3CN(Cc3ccccc3)C2)C1. The Balaban J connectivity index is 1.51. The van der Waals surface area contributed by atoms with Crippen molar-refractivity contribution in [2.45, 2.75) is 38.4 Å². The molecule has 1 aliphatic heterocycles.